The zero-order valence-corrected chi connectivity index (χ0v) is 11.0. The van der Waals surface area contributed by atoms with Crippen molar-refractivity contribution in [3.63, 3.8) is 0 Å². The smallest absolute Gasteiger partial charge is 0.387 e. The van der Waals surface area contributed by atoms with E-state index in [4.69, 9.17) is 9.47 Å². The molecule has 0 aromatic heterocycles. The summed E-state index contributed by atoms with van der Waals surface area (Å²) in [6.45, 7) is -2.05. The molecule has 0 spiro atoms. The molecule has 1 N–H and O–H groups in total. The Labute approximate surface area is 120 Å². The van der Waals surface area contributed by atoms with Crippen LogP contribution in [-0.2, 0) is 6.54 Å². The molecule has 0 atom stereocenters. The van der Waals surface area contributed by atoms with Gasteiger partial charge in [0.25, 0.3) is 0 Å². The van der Waals surface area contributed by atoms with E-state index in [1.165, 1.54) is 12.1 Å². The van der Waals surface area contributed by atoms with Crippen LogP contribution in [0.5, 0.6) is 17.2 Å². The second-order valence-electron chi connectivity index (χ2n) is 4.45. The van der Waals surface area contributed by atoms with E-state index in [0.717, 1.165) is 11.3 Å². The van der Waals surface area contributed by atoms with Crippen LogP contribution >= 0.6 is 0 Å². The topological polar surface area (TPSA) is 39.7 Å². The molecule has 1 aliphatic rings. The van der Waals surface area contributed by atoms with Gasteiger partial charge in [0.2, 0.25) is 6.79 Å². The number of benzene rings is 2. The number of fused-ring (bicyclic) bond motifs is 1. The molecule has 2 aromatic carbocycles. The summed E-state index contributed by atoms with van der Waals surface area (Å²) in [7, 11) is 0. The second-order valence-corrected chi connectivity index (χ2v) is 4.45. The Morgan fingerprint density at radius 2 is 1.95 bits per heavy atom. The Kier molecular flexibility index (Phi) is 3.77. The van der Waals surface area contributed by atoms with E-state index in [1.807, 2.05) is 18.2 Å². The molecule has 0 amide bonds. The molecule has 0 saturated heterocycles. The molecule has 1 aliphatic heterocycles. The van der Waals surface area contributed by atoms with E-state index in [1.54, 1.807) is 12.1 Å². The van der Waals surface area contributed by atoms with E-state index in [9.17, 15) is 8.78 Å². The van der Waals surface area contributed by atoms with Gasteiger partial charge in [-0.1, -0.05) is 12.1 Å². The molecule has 0 aliphatic carbocycles. The molecule has 4 nitrogen and oxygen atoms in total. The summed E-state index contributed by atoms with van der Waals surface area (Å²) >= 11 is 0. The summed E-state index contributed by atoms with van der Waals surface area (Å²) in [5.41, 5.74) is 1.70. The quantitative estimate of drug-likeness (QED) is 0.914. The standard InChI is InChI=1S/C15H13F2NO3/c16-15(17)21-12-3-1-2-11(7-12)18-8-10-4-5-13-14(6-10)20-9-19-13/h1-7,15,18H,8-9H2. The fourth-order valence-electron chi connectivity index (χ4n) is 2.04. The number of rotatable bonds is 5. The monoisotopic (exact) mass is 293 g/mol. The van der Waals surface area contributed by atoms with Gasteiger partial charge in [0, 0.05) is 18.3 Å². The third kappa shape index (κ3) is 3.34. The zero-order valence-electron chi connectivity index (χ0n) is 11.0. The number of hydrogen-bond acceptors (Lipinski definition) is 4. The summed E-state index contributed by atoms with van der Waals surface area (Å²) in [4.78, 5) is 0. The van der Waals surface area contributed by atoms with E-state index in [0.29, 0.717) is 18.0 Å². The normalized spacial score (nSPS) is 12.5. The van der Waals surface area contributed by atoms with Gasteiger partial charge in [0.15, 0.2) is 11.5 Å². The van der Waals surface area contributed by atoms with Crippen LogP contribution in [0.3, 0.4) is 0 Å². The Bertz CT molecular complexity index is 634. The molecule has 110 valence electrons. The molecular weight excluding hydrogens is 280 g/mol. The van der Waals surface area contributed by atoms with Crippen molar-refractivity contribution >= 4 is 5.69 Å². The molecule has 0 saturated carbocycles. The highest BCUT2D eigenvalue weighted by atomic mass is 19.3. The highest BCUT2D eigenvalue weighted by Gasteiger charge is 2.13. The Balaban J connectivity index is 1.64. The lowest BCUT2D eigenvalue weighted by Crippen LogP contribution is -2.03. The highest BCUT2D eigenvalue weighted by Crippen LogP contribution is 2.32. The first kappa shape index (κ1) is 13.5. The molecule has 0 fully saturated rings. The van der Waals surface area contributed by atoms with E-state index in [-0.39, 0.29) is 12.5 Å². The number of alkyl halides is 2. The predicted molar refractivity (Wildman–Crippen MR) is 73.0 cm³/mol. The van der Waals surface area contributed by atoms with Gasteiger partial charge in [-0.25, -0.2) is 0 Å². The Morgan fingerprint density at radius 1 is 1.10 bits per heavy atom. The molecule has 0 radical (unpaired) electrons. The Morgan fingerprint density at radius 3 is 2.81 bits per heavy atom. The number of ether oxygens (including phenoxy) is 3. The van der Waals surface area contributed by atoms with E-state index >= 15 is 0 Å². The molecule has 2 aromatic rings. The van der Waals surface area contributed by atoms with Crippen molar-refractivity contribution in [3.8, 4) is 17.2 Å². The van der Waals surface area contributed by atoms with Gasteiger partial charge in [-0.15, -0.1) is 0 Å². The van der Waals surface area contributed by atoms with Crippen molar-refractivity contribution < 1.29 is 23.0 Å². The minimum atomic E-state index is -2.82. The summed E-state index contributed by atoms with van der Waals surface area (Å²) in [6.07, 6.45) is 0. The SMILES string of the molecule is FC(F)Oc1cccc(NCc2ccc3c(c2)OCO3)c1. The molecule has 6 heteroatoms. The lowest BCUT2D eigenvalue weighted by atomic mass is 10.2. The van der Waals surface area contributed by atoms with Crippen LogP contribution in [-0.4, -0.2) is 13.4 Å². The van der Waals surface area contributed by atoms with E-state index < -0.39 is 6.61 Å². The number of hydrogen-bond donors (Lipinski definition) is 1. The highest BCUT2D eigenvalue weighted by molar-refractivity contribution is 5.50. The van der Waals surface area contributed by atoms with Crippen molar-refractivity contribution in [1.29, 1.82) is 0 Å². The summed E-state index contributed by atoms with van der Waals surface area (Å²) < 4.78 is 39.2. The third-order valence-corrected chi connectivity index (χ3v) is 2.99. The summed E-state index contributed by atoms with van der Waals surface area (Å²) in [5.74, 6) is 1.57. The van der Waals surface area contributed by atoms with Crippen LogP contribution in [0, 0.1) is 0 Å². The van der Waals surface area contributed by atoms with E-state index in [2.05, 4.69) is 10.1 Å². The first-order valence-corrected chi connectivity index (χ1v) is 6.38. The van der Waals surface area contributed by atoms with Gasteiger partial charge in [0.1, 0.15) is 5.75 Å². The van der Waals surface area contributed by atoms with Gasteiger partial charge < -0.3 is 19.5 Å². The average Bonchev–Trinajstić information content (AvgIpc) is 2.92. The van der Waals surface area contributed by atoms with Crippen LogP contribution in [0.15, 0.2) is 42.5 Å². The van der Waals surface area contributed by atoms with Crippen molar-refractivity contribution in [2.24, 2.45) is 0 Å². The van der Waals surface area contributed by atoms with Crippen LogP contribution in [0.4, 0.5) is 14.5 Å². The fraction of sp³-hybridized carbons (Fsp3) is 0.200. The first-order chi connectivity index (χ1) is 10.2. The zero-order chi connectivity index (χ0) is 14.7. The second kappa shape index (κ2) is 5.87. The molecule has 0 unspecified atom stereocenters. The Hall–Kier alpha value is -2.50. The van der Waals surface area contributed by atoms with Gasteiger partial charge in [-0.05, 0) is 29.8 Å². The maximum atomic E-state index is 12.2. The minimum absolute atomic E-state index is 0.126. The maximum absolute atomic E-state index is 12.2. The lowest BCUT2D eigenvalue weighted by molar-refractivity contribution is -0.0498. The van der Waals surface area contributed by atoms with Crippen molar-refractivity contribution in [2.45, 2.75) is 13.2 Å². The third-order valence-electron chi connectivity index (χ3n) is 2.99. The van der Waals surface area contributed by atoms with Gasteiger partial charge in [0.05, 0.1) is 0 Å². The van der Waals surface area contributed by atoms with Gasteiger partial charge in [-0.3, -0.25) is 0 Å². The molecule has 1 heterocycles. The minimum Gasteiger partial charge on any atom is -0.454 e. The van der Waals surface area contributed by atoms with Crippen LogP contribution in [0.25, 0.3) is 0 Å². The number of halogens is 2. The summed E-state index contributed by atoms with van der Waals surface area (Å²) in [6, 6.07) is 12.1. The number of nitrogens with one attached hydrogen (secondary N) is 1. The molecule has 0 bridgehead atoms. The summed E-state index contributed by atoms with van der Waals surface area (Å²) in [5, 5.41) is 3.14. The predicted octanol–water partition coefficient (Wildman–Crippen LogP) is 3.63. The molecule has 21 heavy (non-hydrogen) atoms. The first-order valence-electron chi connectivity index (χ1n) is 6.38. The molecular formula is C15H13F2NO3. The van der Waals surface area contributed by atoms with Crippen LogP contribution in [0.2, 0.25) is 0 Å². The van der Waals surface area contributed by atoms with Crippen LogP contribution < -0.4 is 19.5 Å². The maximum Gasteiger partial charge on any atom is 0.387 e. The van der Waals surface area contributed by atoms with Gasteiger partial charge >= 0.3 is 6.61 Å². The largest absolute Gasteiger partial charge is 0.454 e. The van der Waals surface area contributed by atoms with Crippen molar-refractivity contribution in [3.05, 3.63) is 48.0 Å². The van der Waals surface area contributed by atoms with Crippen molar-refractivity contribution in [1.82, 2.24) is 0 Å². The number of anilines is 1. The average molecular weight is 293 g/mol. The molecule has 3 rings (SSSR count). The van der Waals surface area contributed by atoms with Crippen molar-refractivity contribution in [2.75, 3.05) is 12.1 Å². The fourth-order valence-corrected chi connectivity index (χ4v) is 2.04. The van der Waals surface area contributed by atoms with Crippen LogP contribution in [0.1, 0.15) is 5.56 Å². The van der Waals surface area contributed by atoms with Gasteiger partial charge in [-0.2, -0.15) is 8.78 Å². The lowest BCUT2D eigenvalue weighted by Gasteiger charge is -2.09.